The highest BCUT2D eigenvalue weighted by atomic mass is 16.5. The van der Waals surface area contributed by atoms with Crippen LogP contribution < -0.4 is 0 Å². The van der Waals surface area contributed by atoms with Crippen molar-refractivity contribution in [1.82, 2.24) is 0 Å². The van der Waals surface area contributed by atoms with Gasteiger partial charge in [-0.2, -0.15) is 0 Å². The number of carbonyl (C=O) groups is 2. The molecule has 1 aromatic carbocycles. The summed E-state index contributed by atoms with van der Waals surface area (Å²) in [5, 5.41) is 9.73. The maximum Gasteiger partial charge on any atom is 0.168 e. The summed E-state index contributed by atoms with van der Waals surface area (Å²) >= 11 is 0. The lowest BCUT2D eigenvalue weighted by atomic mass is 9.55. The first-order valence-electron chi connectivity index (χ1n) is 9.17. The van der Waals surface area contributed by atoms with E-state index in [1.165, 1.54) is 0 Å². The summed E-state index contributed by atoms with van der Waals surface area (Å²) in [5.41, 5.74) is 2.12. The summed E-state index contributed by atoms with van der Waals surface area (Å²) in [4.78, 5) is 25.6. The monoisotopic (exact) mass is 340 g/mol. The smallest absolute Gasteiger partial charge is 0.168 e. The molecule has 4 heteroatoms. The molecule has 4 atom stereocenters. The van der Waals surface area contributed by atoms with Crippen LogP contribution >= 0.6 is 0 Å². The standard InChI is InChI=1S/C21H24O4/c1-3-25-11-12-8-18-16-10-19(23)17-9-13(22)4-5-14(17)15(16)6-7-21(18,2)20(12)24/h4-5,9,11,15-16,18,22H,3,6-8,10H2,1-2H3/t15?,16?,18?,21-/m0/s1. The number of ether oxygens (including phenoxy) is 1. The Balaban J connectivity index is 1.72. The number of hydrogen-bond acceptors (Lipinski definition) is 4. The third-order valence-corrected chi connectivity index (χ3v) is 6.63. The van der Waals surface area contributed by atoms with Crippen molar-refractivity contribution in [2.45, 2.75) is 45.4 Å². The van der Waals surface area contributed by atoms with E-state index in [1.807, 2.05) is 13.0 Å². The zero-order valence-corrected chi connectivity index (χ0v) is 14.7. The van der Waals surface area contributed by atoms with Gasteiger partial charge < -0.3 is 9.84 Å². The molecule has 2 fully saturated rings. The van der Waals surface area contributed by atoms with Crippen LogP contribution in [0.3, 0.4) is 0 Å². The van der Waals surface area contributed by atoms with Crippen molar-refractivity contribution < 1.29 is 19.4 Å². The van der Waals surface area contributed by atoms with Gasteiger partial charge in [0.05, 0.1) is 12.9 Å². The summed E-state index contributed by atoms with van der Waals surface area (Å²) in [7, 11) is 0. The average molecular weight is 340 g/mol. The molecule has 0 heterocycles. The van der Waals surface area contributed by atoms with Gasteiger partial charge in [-0.25, -0.2) is 0 Å². The molecule has 1 N–H and O–H groups in total. The molecule has 0 bridgehead atoms. The lowest BCUT2D eigenvalue weighted by molar-refractivity contribution is -0.127. The van der Waals surface area contributed by atoms with Gasteiger partial charge in [-0.3, -0.25) is 9.59 Å². The van der Waals surface area contributed by atoms with Gasteiger partial charge in [-0.05, 0) is 61.6 Å². The largest absolute Gasteiger partial charge is 0.508 e. The van der Waals surface area contributed by atoms with Crippen molar-refractivity contribution in [3.63, 3.8) is 0 Å². The molecule has 3 aliphatic rings. The Kier molecular flexibility index (Phi) is 3.75. The molecule has 0 spiro atoms. The second kappa shape index (κ2) is 5.72. The summed E-state index contributed by atoms with van der Waals surface area (Å²) in [6.45, 7) is 4.53. The van der Waals surface area contributed by atoms with Crippen LogP contribution in [0, 0.1) is 17.3 Å². The van der Waals surface area contributed by atoms with E-state index in [0.717, 1.165) is 24.0 Å². The average Bonchev–Trinajstić information content (AvgIpc) is 2.85. The van der Waals surface area contributed by atoms with Crippen LogP contribution in [0.5, 0.6) is 5.75 Å². The number of phenols is 1. The maximum atomic E-state index is 12.9. The second-order valence-electron chi connectivity index (χ2n) is 7.86. The first kappa shape index (κ1) is 16.4. The Morgan fingerprint density at radius 3 is 2.88 bits per heavy atom. The van der Waals surface area contributed by atoms with Gasteiger partial charge in [-0.1, -0.05) is 13.0 Å². The number of allylic oxidation sites excluding steroid dienone is 1. The van der Waals surface area contributed by atoms with Crippen molar-refractivity contribution in [2.24, 2.45) is 17.3 Å². The minimum Gasteiger partial charge on any atom is -0.508 e. The van der Waals surface area contributed by atoms with Crippen molar-refractivity contribution in [1.29, 1.82) is 0 Å². The fourth-order valence-electron chi connectivity index (χ4n) is 5.35. The van der Waals surface area contributed by atoms with Crippen LogP contribution in [-0.4, -0.2) is 23.3 Å². The molecule has 0 radical (unpaired) electrons. The zero-order chi connectivity index (χ0) is 17.8. The van der Waals surface area contributed by atoms with E-state index in [1.54, 1.807) is 18.4 Å². The zero-order valence-electron chi connectivity index (χ0n) is 14.7. The van der Waals surface area contributed by atoms with Crippen LogP contribution in [0.25, 0.3) is 0 Å². The first-order chi connectivity index (χ1) is 12.0. The Labute approximate surface area is 147 Å². The molecule has 0 aromatic heterocycles. The van der Waals surface area contributed by atoms with Crippen LogP contribution in [-0.2, 0) is 9.53 Å². The van der Waals surface area contributed by atoms with E-state index in [-0.39, 0.29) is 34.6 Å². The fraction of sp³-hybridized carbons (Fsp3) is 0.524. The number of fused-ring (bicyclic) bond motifs is 5. The van der Waals surface area contributed by atoms with Crippen molar-refractivity contribution in [2.75, 3.05) is 6.61 Å². The quantitative estimate of drug-likeness (QED) is 0.653. The molecule has 0 saturated heterocycles. The highest BCUT2D eigenvalue weighted by Gasteiger charge is 2.57. The Morgan fingerprint density at radius 2 is 2.12 bits per heavy atom. The number of benzene rings is 1. The topological polar surface area (TPSA) is 63.6 Å². The number of hydrogen-bond donors (Lipinski definition) is 1. The maximum absolute atomic E-state index is 12.9. The number of phenolic OH excluding ortho intramolecular Hbond substituents is 1. The minimum atomic E-state index is -0.376. The van der Waals surface area contributed by atoms with Crippen LogP contribution in [0.4, 0.5) is 0 Å². The number of ketones is 2. The highest BCUT2D eigenvalue weighted by molar-refractivity contribution is 6.03. The van der Waals surface area contributed by atoms with E-state index in [4.69, 9.17) is 4.74 Å². The predicted molar refractivity (Wildman–Crippen MR) is 93.4 cm³/mol. The highest BCUT2D eigenvalue weighted by Crippen LogP contribution is 2.60. The molecule has 0 aliphatic heterocycles. The van der Waals surface area contributed by atoms with Gasteiger partial charge in [0.15, 0.2) is 11.6 Å². The molecule has 3 aliphatic carbocycles. The third kappa shape index (κ3) is 2.34. The first-order valence-corrected chi connectivity index (χ1v) is 9.17. The van der Waals surface area contributed by atoms with Gasteiger partial charge in [0, 0.05) is 23.0 Å². The van der Waals surface area contributed by atoms with Crippen LogP contribution in [0.1, 0.15) is 61.4 Å². The third-order valence-electron chi connectivity index (χ3n) is 6.63. The minimum absolute atomic E-state index is 0.0890. The summed E-state index contributed by atoms with van der Waals surface area (Å²) in [5.74, 6) is 1.12. The summed E-state index contributed by atoms with van der Waals surface area (Å²) in [6, 6.07) is 5.17. The van der Waals surface area contributed by atoms with E-state index in [0.29, 0.717) is 30.9 Å². The van der Waals surface area contributed by atoms with Crippen LogP contribution in [0.2, 0.25) is 0 Å². The number of carbonyl (C=O) groups excluding carboxylic acids is 2. The van der Waals surface area contributed by atoms with Gasteiger partial charge in [0.2, 0.25) is 0 Å². The van der Waals surface area contributed by atoms with Gasteiger partial charge >= 0.3 is 0 Å². The van der Waals surface area contributed by atoms with E-state index >= 15 is 0 Å². The van der Waals surface area contributed by atoms with Crippen molar-refractivity contribution in [3.8, 4) is 5.75 Å². The Morgan fingerprint density at radius 1 is 1.32 bits per heavy atom. The second-order valence-corrected chi connectivity index (χ2v) is 7.86. The van der Waals surface area contributed by atoms with Crippen LogP contribution in [0.15, 0.2) is 30.0 Å². The summed E-state index contributed by atoms with van der Waals surface area (Å²) < 4.78 is 5.39. The molecule has 132 valence electrons. The number of aromatic hydroxyl groups is 1. The number of Topliss-reactive ketones (excluding diaryl/α,β-unsaturated/α-hetero) is 2. The number of rotatable bonds is 2. The molecule has 4 nitrogen and oxygen atoms in total. The van der Waals surface area contributed by atoms with Crippen molar-refractivity contribution in [3.05, 3.63) is 41.2 Å². The molecule has 0 amide bonds. The molecule has 1 aromatic rings. The SMILES string of the molecule is CCOC=C1CC2C3CC(=O)c4cc(O)ccc4C3CC[C@]2(C)C1=O. The lowest BCUT2D eigenvalue weighted by Crippen LogP contribution is -2.43. The molecule has 4 rings (SSSR count). The predicted octanol–water partition coefficient (Wildman–Crippen LogP) is 3.99. The fourth-order valence-corrected chi connectivity index (χ4v) is 5.35. The Bertz CT molecular complexity index is 778. The van der Waals surface area contributed by atoms with E-state index in [9.17, 15) is 14.7 Å². The van der Waals surface area contributed by atoms with E-state index in [2.05, 4.69) is 6.92 Å². The van der Waals surface area contributed by atoms with Gasteiger partial charge in [0.25, 0.3) is 0 Å². The molecular formula is C21H24O4. The van der Waals surface area contributed by atoms with E-state index < -0.39 is 0 Å². The normalized spacial score (nSPS) is 35.3. The molecule has 2 saturated carbocycles. The van der Waals surface area contributed by atoms with Crippen molar-refractivity contribution >= 4 is 11.6 Å². The summed E-state index contributed by atoms with van der Waals surface area (Å²) in [6.07, 6.45) is 4.57. The van der Waals surface area contributed by atoms with Gasteiger partial charge in [-0.15, -0.1) is 0 Å². The molecule has 25 heavy (non-hydrogen) atoms. The Hall–Kier alpha value is -2.10. The van der Waals surface area contributed by atoms with Gasteiger partial charge in [0.1, 0.15) is 5.75 Å². The molecule has 3 unspecified atom stereocenters. The molecular weight excluding hydrogens is 316 g/mol. The lowest BCUT2D eigenvalue weighted by Gasteiger charge is -2.47.